The molecule has 2 aromatic rings. The van der Waals surface area contributed by atoms with Gasteiger partial charge in [0.05, 0.1) is 0 Å². The van der Waals surface area contributed by atoms with Gasteiger partial charge in [-0.05, 0) is 11.1 Å². The summed E-state index contributed by atoms with van der Waals surface area (Å²) in [5.41, 5.74) is 2.79. The Bertz CT molecular complexity index is 498. The van der Waals surface area contributed by atoms with Gasteiger partial charge in [0, 0.05) is 5.56 Å². The van der Waals surface area contributed by atoms with E-state index in [0.717, 1.165) is 23.0 Å². The van der Waals surface area contributed by atoms with Gasteiger partial charge in [-0.25, -0.2) is 0 Å². The molecule has 0 unspecified atom stereocenters. The van der Waals surface area contributed by atoms with Crippen molar-refractivity contribution >= 4 is 18.4 Å². The van der Waals surface area contributed by atoms with Crippen molar-refractivity contribution in [3.8, 4) is 0 Å². The van der Waals surface area contributed by atoms with Crippen LogP contribution < -0.4 is 0 Å². The van der Waals surface area contributed by atoms with Crippen LogP contribution in [0.5, 0.6) is 0 Å². The van der Waals surface area contributed by atoms with Crippen molar-refractivity contribution in [2.75, 3.05) is 0 Å². The maximum absolute atomic E-state index is 10.8. The lowest BCUT2D eigenvalue weighted by Gasteiger charge is -1.97. The summed E-state index contributed by atoms with van der Waals surface area (Å²) in [5, 5.41) is 0. The fraction of sp³-hybridized carbons (Fsp3) is 0. The van der Waals surface area contributed by atoms with Crippen LogP contribution in [0.15, 0.2) is 54.6 Å². The van der Waals surface area contributed by atoms with E-state index in [1.165, 1.54) is 0 Å². The van der Waals surface area contributed by atoms with Crippen molar-refractivity contribution in [3.63, 3.8) is 0 Å². The van der Waals surface area contributed by atoms with Crippen molar-refractivity contribution < 1.29 is 4.79 Å². The van der Waals surface area contributed by atoms with Gasteiger partial charge in [-0.1, -0.05) is 66.7 Å². The SMILES string of the molecule is O=Cc1ccccc1/C=C/c1ccccc1. The molecule has 0 spiro atoms. The Morgan fingerprint density at radius 1 is 0.688 bits per heavy atom. The molecule has 0 bridgehead atoms. The lowest BCUT2D eigenvalue weighted by molar-refractivity contribution is 0.112. The predicted molar refractivity (Wildman–Crippen MR) is 67.2 cm³/mol. The van der Waals surface area contributed by atoms with E-state index >= 15 is 0 Å². The zero-order chi connectivity index (χ0) is 11.2. The zero-order valence-electron chi connectivity index (χ0n) is 8.84. The van der Waals surface area contributed by atoms with Crippen LogP contribution in [0.25, 0.3) is 12.2 Å². The molecule has 1 nitrogen and oxygen atoms in total. The standard InChI is InChI=1S/C15H12O/c16-12-15-9-5-4-8-14(15)11-10-13-6-2-1-3-7-13/h1-12H/b11-10+. The summed E-state index contributed by atoms with van der Waals surface area (Å²) < 4.78 is 0. The Morgan fingerprint density at radius 2 is 1.31 bits per heavy atom. The Kier molecular flexibility index (Phi) is 3.29. The number of carbonyl (C=O) groups is 1. The van der Waals surface area contributed by atoms with E-state index < -0.39 is 0 Å². The first-order valence-corrected chi connectivity index (χ1v) is 5.17. The Labute approximate surface area is 95.1 Å². The highest BCUT2D eigenvalue weighted by Gasteiger charge is 1.95. The van der Waals surface area contributed by atoms with Crippen molar-refractivity contribution in [1.82, 2.24) is 0 Å². The van der Waals surface area contributed by atoms with Gasteiger partial charge in [-0.15, -0.1) is 0 Å². The van der Waals surface area contributed by atoms with E-state index in [0.29, 0.717) is 0 Å². The second-order valence-electron chi connectivity index (χ2n) is 3.49. The van der Waals surface area contributed by atoms with Crippen LogP contribution in [0.2, 0.25) is 0 Å². The van der Waals surface area contributed by atoms with E-state index in [1.807, 2.05) is 66.7 Å². The minimum absolute atomic E-state index is 0.717. The molecule has 2 rings (SSSR count). The fourth-order valence-corrected chi connectivity index (χ4v) is 1.52. The molecular formula is C15H12O. The molecule has 0 amide bonds. The summed E-state index contributed by atoms with van der Waals surface area (Å²) in [7, 11) is 0. The Hall–Kier alpha value is -2.15. The topological polar surface area (TPSA) is 17.1 Å². The average molecular weight is 208 g/mol. The van der Waals surface area contributed by atoms with E-state index in [-0.39, 0.29) is 0 Å². The predicted octanol–water partition coefficient (Wildman–Crippen LogP) is 3.67. The average Bonchev–Trinajstić information content (AvgIpc) is 2.38. The summed E-state index contributed by atoms with van der Waals surface area (Å²) in [6.45, 7) is 0. The molecule has 0 aliphatic carbocycles. The molecule has 0 atom stereocenters. The molecular weight excluding hydrogens is 196 g/mol. The van der Waals surface area contributed by atoms with Crippen LogP contribution in [0.4, 0.5) is 0 Å². The smallest absolute Gasteiger partial charge is 0.150 e. The van der Waals surface area contributed by atoms with Gasteiger partial charge in [0.15, 0.2) is 6.29 Å². The third-order valence-corrected chi connectivity index (χ3v) is 2.38. The molecule has 78 valence electrons. The highest BCUT2D eigenvalue weighted by atomic mass is 16.1. The highest BCUT2D eigenvalue weighted by Crippen LogP contribution is 2.11. The largest absolute Gasteiger partial charge is 0.298 e. The third-order valence-electron chi connectivity index (χ3n) is 2.38. The van der Waals surface area contributed by atoms with E-state index in [1.54, 1.807) is 0 Å². The molecule has 1 heteroatoms. The van der Waals surface area contributed by atoms with Crippen LogP contribution in [0.3, 0.4) is 0 Å². The number of rotatable bonds is 3. The summed E-state index contributed by atoms with van der Waals surface area (Å²) in [6, 6.07) is 17.6. The minimum atomic E-state index is 0.717. The Balaban J connectivity index is 2.27. The molecule has 0 aliphatic rings. The number of hydrogen-bond acceptors (Lipinski definition) is 1. The molecule has 0 fully saturated rings. The fourth-order valence-electron chi connectivity index (χ4n) is 1.52. The second-order valence-corrected chi connectivity index (χ2v) is 3.49. The first-order chi connectivity index (χ1) is 7.90. The number of hydrogen-bond donors (Lipinski definition) is 0. The quantitative estimate of drug-likeness (QED) is 0.555. The molecule has 0 radical (unpaired) electrons. The number of aldehydes is 1. The monoisotopic (exact) mass is 208 g/mol. The summed E-state index contributed by atoms with van der Waals surface area (Å²) in [5.74, 6) is 0. The van der Waals surface area contributed by atoms with Crippen molar-refractivity contribution in [2.24, 2.45) is 0 Å². The normalized spacial score (nSPS) is 10.5. The summed E-state index contributed by atoms with van der Waals surface area (Å²) >= 11 is 0. The molecule has 0 saturated heterocycles. The number of carbonyl (C=O) groups excluding carboxylic acids is 1. The summed E-state index contributed by atoms with van der Waals surface area (Å²) in [4.78, 5) is 10.8. The van der Waals surface area contributed by atoms with Crippen LogP contribution in [0, 0.1) is 0 Å². The molecule has 2 aromatic carbocycles. The lowest BCUT2D eigenvalue weighted by Crippen LogP contribution is -1.83. The maximum atomic E-state index is 10.8. The van der Waals surface area contributed by atoms with Gasteiger partial charge in [-0.3, -0.25) is 4.79 Å². The van der Waals surface area contributed by atoms with Gasteiger partial charge in [0.2, 0.25) is 0 Å². The van der Waals surface area contributed by atoms with E-state index in [9.17, 15) is 4.79 Å². The van der Waals surface area contributed by atoms with Gasteiger partial charge in [0.1, 0.15) is 0 Å². The van der Waals surface area contributed by atoms with Crippen molar-refractivity contribution in [2.45, 2.75) is 0 Å². The van der Waals surface area contributed by atoms with Crippen molar-refractivity contribution in [3.05, 3.63) is 71.3 Å². The van der Waals surface area contributed by atoms with Gasteiger partial charge in [-0.2, -0.15) is 0 Å². The van der Waals surface area contributed by atoms with Crippen LogP contribution in [-0.4, -0.2) is 6.29 Å². The van der Waals surface area contributed by atoms with Gasteiger partial charge < -0.3 is 0 Å². The molecule has 0 saturated carbocycles. The van der Waals surface area contributed by atoms with E-state index in [4.69, 9.17) is 0 Å². The highest BCUT2D eigenvalue weighted by molar-refractivity contribution is 5.84. The van der Waals surface area contributed by atoms with Crippen LogP contribution >= 0.6 is 0 Å². The maximum Gasteiger partial charge on any atom is 0.150 e. The third kappa shape index (κ3) is 2.45. The molecule has 16 heavy (non-hydrogen) atoms. The van der Waals surface area contributed by atoms with Crippen molar-refractivity contribution in [1.29, 1.82) is 0 Å². The first kappa shape index (κ1) is 10.4. The van der Waals surface area contributed by atoms with Gasteiger partial charge in [0.25, 0.3) is 0 Å². The lowest BCUT2D eigenvalue weighted by atomic mass is 10.1. The van der Waals surface area contributed by atoms with Crippen LogP contribution in [-0.2, 0) is 0 Å². The molecule has 0 N–H and O–H groups in total. The number of benzene rings is 2. The second kappa shape index (κ2) is 5.08. The molecule has 0 heterocycles. The first-order valence-electron chi connectivity index (χ1n) is 5.17. The molecule has 0 aliphatic heterocycles. The van der Waals surface area contributed by atoms with Gasteiger partial charge >= 0.3 is 0 Å². The molecule has 0 aromatic heterocycles. The minimum Gasteiger partial charge on any atom is -0.298 e. The van der Waals surface area contributed by atoms with E-state index in [2.05, 4.69) is 0 Å². The van der Waals surface area contributed by atoms with Crippen LogP contribution in [0.1, 0.15) is 21.5 Å². The summed E-state index contributed by atoms with van der Waals surface area (Å²) in [6.07, 6.45) is 4.84. The zero-order valence-corrected chi connectivity index (χ0v) is 8.84. The Morgan fingerprint density at radius 3 is 2.00 bits per heavy atom.